The number of carbonyl (C=O) groups is 1. The van der Waals surface area contributed by atoms with Crippen LogP contribution in [-0.2, 0) is 0 Å². The zero-order valence-electron chi connectivity index (χ0n) is 10.3. The van der Waals surface area contributed by atoms with Crippen molar-refractivity contribution in [3.8, 4) is 11.8 Å². The number of aryl methyl sites for hydroxylation is 1. The lowest BCUT2D eigenvalue weighted by Crippen LogP contribution is -2.11. The molecule has 0 atom stereocenters. The molecule has 0 saturated carbocycles. The molecule has 0 aliphatic heterocycles. The molecule has 0 aliphatic rings. The molecule has 0 saturated heterocycles. The highest BCUT2D eigenvalue weighted by Gasteiger charge is 2.11. The van der Waals surface area contributed by atoms with E-state index in [0.29, 0.717) is 22.8 Å². The summed E-state index contributed by atoms with van der Waals surface area (Å²) in [6.45, 7) is 1.73. The van der Waals surface area contributed by atoms with Crippen LogP contribution in [0.5, 0.6) is 5.75 Å². The average molecular weight is 256 g/mol. The van der Waals surface area contributed by atoms with Crippen LogP contribution in [0.25, 0.3) is 0 Å². The first-order valence-electron chi connectivity index (χ1n) is 5.66. The monoisotopic (exact) mass is 256 g/mol. The molecular weight excluding hydrogens is 244 g/mol. The zero-order valence-corrected chi connectivity index (χ0v) is 10.3. The van der Waals surface area contributed by atoms with E-state index in [2.05, 4.69) is 5.32 Å². The molecule has 2 rings (SSSR count). The molecule has 0 bridgehead atoms. The molecule has 0 spiro atoms. The fraction of sp³-hybridized carbons (Fsp3) is 0.143. The van der Waals surface area contributed by atoms with Crippen LogP contribution in [0.4, 0.5) is 5.69 Å². The van der Waals surface area contributed by atoms with Gasteiger partial charge in [-0.3, -0.25) is 4.79 Å². The Bertz CT molecular complexity index is 608. The van der Waals surface area contributed by atoms with Crippen LogP contribution in [0.2, 0.25) is 0 Å². The number of benzene rings is 1. The predicted molar refractivity (Wildman–Crippen MR) is 68.9 cm³/mol. The van der Waals surface area contributed by atoms with Crippen molar-refractivity contribution < 1.29 is 13.9 Å². The normalized spacial score (nSPS) is 9.68. The van der Waals surface area contributed by atoms with Gasteiger partial charge in [-0.25, -0.2) is 0 Å². The Morgan fingerprint density at radius 2 is 2.11 bits per heavy atom. The molecular formula is C14H12N2O3. The first-order chi connectivity index (χ1) is 9.20. The lowest BCUT2D eigenvalue weighted by molar-refractivity contribution is 0.102. The van der Waals surface area contributed by atoms with E-state index >= 15 is 0 Å². The fourth-order valence-corrected chi connectivity index (χ4v) is 1.57. The van der Waals surface area contributed by atoms with Crippen molar-refractivity contribution in [1.29, 1.82) is 5.26 Å². The largest absolute Gasteiger partial charge is 0.479 e. The Morgan fingerprint density at radius 3 is 2.68 bits per heavy atom. The molecule has 5 heteroatoms. The number of carbonyl (C=O) groups excluding carboxylic acids is 1. The van der Waals surface area contributed by atoms with E-state index in [1.807, 2.05) is 6.07 Å². The van der Waals surface area contributed by atoms with E-state index in [-0.39, 0.29) is 12.5 Å². The van der Waals surface area contributed by atoms with Crippen molar-refractivity contribution in [3.05, 3.63) is 47.9 Å². The molecule has 0 fully saturated rings. The standard InChI is InChI=1S/C14H12N2O3/c1-10-13(6-8-18-10)14(17)16-11-2-4-12(5-3-11)19-9-7-15/h2-6,8H,9H2,1H3,(H,16,17). The molecule has 0 aliphatic carbocycles. The SMILES string of the molecule is Cc1occc1C(=O)Nc1ccc(OCC#N)cc1. The van der Waals surface area contributed by atoms with Gasteiger partial charge >= 0.3 is 0 Å². The van der Waals surface area contributed by atoms with Gasteiger partial charge in [0, 0.05) is 5.69 Å². The van der Waals surface area contributed by atoms with E-state index in [0.717, 1.165) is 0 Å². The van der Waals surface area contributed by atoms with Gasteiger partial charge in [-0.15, -0.1) is 0 Å². The minimum absolute atomic E-state index is 0.0000794. The highest BCUT2D eigenvalue weighted by molar-refractivity contribution is 6.04. The summed E-state index contributed by atoms with van der Waals surface area (Å²) < 4.78 is 10.2. The van der Waals surface area contributed by atoms with Crippen molar-refractivity contribution >= 4 is 11.6 Å². The molecule has 1 aromatic carbocycles. The molecule has 0 unspecified atom stereocenters. The van der Waals surface area contributed by atoms with Crippen LogP contribution in [0, 0.1) is 18.3 Å². The molecule has 0 radical (unpaired) electrons. The third-order valence-electron chi connectivity index (χ3n) is 2.52. The Labute approximate surface area is 110 Å². The van der Waals surface area contributed by atoms with E-state index in [9.17, 15) is 4.79 Å². The summed E-state index contributed by atoms with van der Waals surface area (Å²) in [4.78, 5) is 11.9. The van der Waals surface area contributed by atoms with E-state index in [1.54, 1.807) is 37.3 Å². The van der Waals surface area contributed by atoms with Crippen LogP contribution < -0.4 is 10.1 Å². The van der Waals surface area contributed by atoms with Gasteiger partial charge < -0.3 is 14.5 Å². The van der Waals surface area contributed by atoms with Gasteiger partial charge in [0.15, 0.2) is 6.61 Å². The number of nitrogens with zero attached hydrogens (tertiary/aromatic N) is 1. The van der Waals surface area contributed by atoms with Gasteiger partial charge in [-0.1, -0.05) is 0 Å². The average Bonchev–Trinajstić information content (AvgIpc) is 2.84. The third kappa shape index (κ3) is 3.13. The summed E-state index contributed by atoms with van der Waals surface area (Å²) in [5.41, 5.74) is 1.15. The number of nitrogens with one attached hydrogen (secondary N) is 1. The second kappa shape index (κ2) is 5.74. The van der Waals surface area contributed by atoms with Gasteiger partial charge in [0.05, 0.1) is 11.8 Å². The van der Waals surface area contributed by atoms with Crippen LogP contribution in [-0.4, -0.2) is 12.5 Å². The first-order valence-corrected chi connectivity index (χ1v) is 5.66. The Kier molecular flexibility index (Phi) is 3.84. The lowest BCUT2D eigenvalue weighted by atomic mass is 10.2. The third-order valence-corrected chi connectivity index (χ3v) is 2.52. The second-order valence-electron chi connectivity index (χ2n) is 3.82. The van der Waals surface area contributed by atoms with Crippen LogP contribution in [0.1, 0.15) is 16.1 Å². The van der Waals surface area contributed by atoms with Gasteiger partial charge in [0.1, 0.15) is 17.6 Å². The molecule has 1 amide bonds. The van der Waals surface area contributed by atoms with Gasteiger partial charge in [-0.2, -0.15) is 5.26 Å². The fourth-order valence-electron chi connectivity index (χ4n) is 1.57. The van der Waals surface area contributed by atoms with Crippen molar-refractivity contribution in [2.24, 2.45) is 0 Å². The van der Waals surface area contributed by atoms with Gasteiger partial charge in [0.2, 0.25) is 0 Å². The van der Waals surface area contributed by atoms with E-state index in [1.165, 1.54) is 6.26 Å². The van der Waals surface area contributed by atoms with Crippen molar-refractivity contribution in [3.63, 3.8) is 0 Å². The van der Waals surface area contributed by atoms with E-state index in [4.69, 9.17) is 14.4 Å². The van der Waals surface area contributed by atoms with Gasteiger partial charge in [0.25, 0.3) is 5.91 Å². The van der Waals surface area contributed by atoms with Crippen molar-refractivity contribution in [2.45, 2.75) is 6.92 Å². The zero-order chi connectivity index (χ0) is 13.7. The summed E-state index contributed by atoms with van der Waals surface area (Å²) in [5.74, 6) is 0.933. The summed E-state index contributed by atoms with van der Waals surface area (Å²) in [6, 6.07) is 10.3. The smallest absolute Gasteiger partial charge is 0.259 e. The Morgan fingerprint density at radius 1 is 1.37 bits per heavy atom. The number of rotatable bonds is 4. The molecule has 2 aromatic rings. The minimum atomic E-state index is -0.225. The number of amides is 1. The Balaban J connectivity index is 2.02. The molecule has 1 aromatic heterocycles. The second-order valence-corrected chi connectivity index (χ2v) is 3.82. The molecule has 19 heavy (non-hydrogen) atoms. The topological polar surface area (TPSA) is 75.3 Å². The first kappa shape index (κ1) is 12.7. The van der Waals surface area contributed by atoms with Crippen LogP contribution in [0.3, 0.4) is 0 Å². The molecule has 96 valence electrons. The number of hydrogen-bond donors (Lipinski definition) is 1. The summed E-state index contributed by atoms with van der Waals surface area (Å²) >= 11 is 0. The maximum atomic E-state index is 11.9. The quantitative estimate of drug-likeness (QED) is 0.912. The van der Waals surface area contributed by atoms with Crippen molar-refractivity contribution in [2.75, 3.05) is 11.9 Å². The predicted octanol–water partition coefficient (Wildman–Crippen LogP) is 2.74. The van der Waals surface area contributed by atoms with E-state index < -0.39 is 0 Å². The number of furan rings is 1. The number of anilines is 1. The highest BCUT2D eigenvalue weighted by atomic mass is 16.5. The molecule has 1 N–H and O–H groups in total. The molecule has 5 nitrogen and oxygen atoms in total. The van der Waals surface area contributed by atoms with Crippen molar-refractivity contribution in [1.82, 2.24) is 0 Å². The summed E-state index contributed by atoms with van der Waals surface area (Å²) in [6.07, 6.45) is 1.48. The van der Waals surface area contributed by atoms with Crippen LogP contribution >= 0.6 is 0 Å². The lowest BCUT2D eigenvalue weighted by Gasteiger charge is -2.06. The van der Waals surface area contributed by atoms with Gasteiger partial charge in [-0.05, 0) is 37.3 Å². The summed E-state index contributed by atoms with van der Waals surface area (Å²) in [7, 11) is 0. The van der Waals surface area contributed by atoms with Crippen LogP contribution in [0.15, 0.2) is 41.0 Å². The number of ether oxygens (including phenoxy) is 1. The number of hydrogen-bond acceptors (Lipinski definition) is 4. The highest BCUT2D eigenvalue weighted by Crippen LogP contribution is 2.17. The minimum Gasteiger partial charge on any atom is -0.479 e. The maximum Gasteiger partial charge on any atom is 0.259 e. The Hall–Kier alpha value is -2.74. The number of nitriles is 1. The summed E-state index contributed by atoms with van der Waals surface area (Å²) in [5, 5.41) is 11.1. The molecule has 1 heterocycles. The maximum absolute atomic E-state index is 11.9.